The van der Waals surface area contributed by atoms with Crippen LogP contribution in [0.3, 0.4) is 0 Å². The first-order valence-electron chi connectivity index (χ1n) is 10.6. The predicted molar refractivity (Wildman–Crippen MR) is 118 cm³/mol. The number of nitrogen functional groups attached to an aromatic ring is 1. The molecule has 0 aromatic carbocycles. The van der Waals surface area contributed by atoms with Crippen LogP contribution in [0.15, 0.2) is 11.0 Å². The minimum atomic E-state index is -2.25. The fourth-order valence-corrected chi connectivity index (χ4v) is 3.43. The molecule has 0 radical (unpaired) electrons. The van der Waals surface area contributed by atoms with Gasteiger partial charge in [0, 0.05) is 0 Å². The summed E-state index contributed by atoms with van der Waals surface area (Å²) in [5, 5.41) is 0. The summed E-state index contributed by atoms with van der Waals surface area (Å²) in [5.41, 5.74) is 13.8. The van der Waals surface area contributed by atoms with E-state index in [1.54, 1.807) is 27.7 Å². The summed E-state index contributed by atoms with van der Waals surface area (Å²) in [4.78, 5) is 40.4. The van der Waals surface area contributed by atoms with Crippen LogP contribution in [0, 0.1) is 17.7 Å². The van der Waals surface area contributed by atoms with Gasteiger partial charge in [0.05, 0.1) is 12.1 Å². The van der Waals surface area contributed by atoms with Crippen LogP contribution >= 0.6 is 11.6 Å². The molecule has 192 valence electrons. The lowest BCUT2D eigenvalue weighted by Crippen LogP contribution is -2.53. The Morgan fingerprint density at radius 3 is 2.32 bits per heavy atom. The second-order valence-corrected chi connectivity index (χ2v) is 9.09. The number of anilines is 1. The molecule has 0 spiro atoms. The van der Waals surface area contributed by atoms with Crippen molar-refractivity contribution in [1.82, 2.24) is 9.55 Å². The maximum absolute atomic E-state index is 15.7. The van der Waals surface area contributed by atoms with E-state index in [4.69, 9.17) is 43.0 Å². The van der Waals surface area contributed by atoms with E-state index in [1.807, 2.05) is 0 Å². The van der Waals surface area contributed by atoms with E-state index in [1.165, 1.54) is 0 Å². The second-order valence-electron chi connectivity index (χ2n) is 8.82. The second kappa shape index (κ2) is 10.9. The molecule has 1 aliphatic rings. The maximum atomic E-state index is 15.7. The summed E-state index contributed by atoms with van der Waals surface area (Å²) >= 11 is 6.09. The molecule has 1 fully saturated rings. The van der Waals surface area contributed by atoms with Gasteiger partial charge < -0.3 is 31.4 Å². The van der Waals surface area contributed by atoms with Crippen molar-refractivity contribution < 1.29 is 32.6 Å². The van der Waals surface area contributed by atoms with Gasteiger partial charge in [0.2, 0.25) is 0 Å². The number of halogens is 3. The third-order valence-corrected chi connectivity index (χ3v) is 6.01. The number of alkyl halides is 2. The third kappa shape index (κ3) is 5.65. The van der Waals surface area contributed by atoms with Gasteiger partial charge in [-0.05, 0) is 11.8 Å². The Kier molecular flexibility index (Phi) is 8.97. The van der Waals surface area contributed by atoms with E-state index in [0.29, 0.717) is 10.8 Å². The first kappa shape index (κ1) is 27.9. The van der Waals surface area contributed by atoms with Crippen LogP contribution in [-0.4, -0.2) is 63.9 Å². The lowest BCUT2D eigenvalue weighted by atomic mass is 9.97. The van der Waals surface area contributed by atoms with Crippen molar-refractivity contribution in [3.8, 4) is 0 Å². The SMILES string of the molecule is CC(C)[C@H](N)C(=O)OC[C@@]1(CCl)O[C@@H](n2cc(F)c(N)nc2=O)[C@@H](F)[C@@H]1OC(=O)[C@H](N)C(C)C. The molecule has 0 bridgehead atoms. The summed E-state index contributed by atoms with van der Waals surface area (Å²) in [6, 6.07) is -2.12. The van der Waals surface area contributed by atoms with Gasteiger partial charge in [0.15, 0.2) is 35.7 Å². The molecule has 6 atom stereocenters. The van der Waals surface area contributed by atoms with E-state index in [9.17, 15) is 18.8 Å². The molecule has 14 heteroatoms. The minimum Gasteiger partial charge on any atom is -0.461 e. The van der Waals surface area contributed by atoms with Gasteiger partial charge in [-0.2, -0.15) is 4.98 Å². The quantitative estimate of drug-likeness (QED) is 0.308. The van der Waals surface area contributed by atoms with Gasteiger partial charge in [-0.3, -0.25) is 14.2 Å². The van der Waals surface area contributed by atoms with Gasteiger partial charge >= 0.3 is 17.6 Å². The largest absolute Gasteiger partial charge is 0.461 e. The Morgan fingerprint density at radius 2 is 1.79 bits per heavy atom. The van der Waals surface area contributed by atoms with E-state index >= 15 is 4.39 Å². The van der Waals surface area contributed by atoms with Crippen molar-refractivity contribution in [2.75, 3.05) is 18.2 Å². The monoisotopic (exact) mass is 509 g/mol. The first-order chi connectivity index (χ1) is 15.8. The molecule has 11 nitrogen and oxygen atoms in total. The number of nitrogens with two attached hydrogens (primary N) is 3. The van der Waals surface area contributed by atoms with Crippen molar-refractivity contribution in [2.45, 2.75) is 63.9 Å². The Labute approximate surface area is 199 Å². The number of carbonyl (C=O) groups excluding carboxylic acids is 2. The normalized spacial score (nSPS) is 26.5. The molecule has 2 rings (SSSR count). The van der Waals surface area contributed by atoms with Crippen LogP contribution in [0.25, 0.3) is 0 Å². The van der Waals surface area contributed by atoms with Gasteiger partial charge in [-0.1, -0.05) is 27.7 Å². The van der Waals surface area contributed by atoms with Crippen molar-refractivity contribution >= 4 is 29.4 Å². The zero-order valence-corrected chi connectivity index (χ0v) is 20.0. The number of carbonyl (C=O) groups is 2. The Bertz CT molecular complexity index is 964. The topological polar surface area (TPSA) is 175 Å². The fourth-order valence-electron chi connectivity index (χ4n) is 3.13. The molecule has 34 heavy (non-hydrogen) atoms. The highest BCUT2D eigenvalue weighted by atomic mass is 35.5. The van der Waals surface area contributed by atoms with Crippen molar-refractivity contribution in [3.63, 3.8) is 0 Å². The van der Waals surface area contributed by atoms with Crippen molar-refractivity contribution in [1.29, 1.82) is 0 Å². The average Bonchev–Trinajstić information content (AvgIpc) is 3.05. The number of ether oxygens (including phenoxy) is 3. The standard InChI is InChI=1S/C20H30ClF2N5O6/c1-8(2)12(24)17(29)32-7-20(6-21)14(33-18(30)13(25)9(3)4)11(23)16(34-20)28-5-10(22)15(26)27-19(28)31/h5,8-9,11-14,16H,6-7,24-25H2,1-4H3,(H2,26,27,31)/t11-,12-,13+,14-,16+,20+/m0/s1. The van der Waals surface area contributed by atoms with Gasteiger partial charge in [-0.15, -0.1) is 11.6 Å². The smallest absolute Gasteiger partial charge is 0.351 e. The number of hydrogen-bond donors (Lipinski definition) is 3. The van der Waals surface area contributed by atoms with Crippen LogP contribution in [0.1, 0.15) is 33.9 Å². The van der Waals surface area contributed by atoms with Gasteiger partial charge in [0.25, 0.3) is 0 Å². The molecular weight excluding hydrogens is 480 g/mol. The van der Waals surface area contributed by atoms with Crippen LogP contribution in [0.4, 0.5) is 14.6 Å². The van der Waals surface area contributed by atoms with Crippen molar-refractivity contribution in [3.05, 3.63) is 22.5 Å². The summed E-state index contributed by atoms with van der Waals surface area (Å²) in [6.07, 6.45) is -5.25. The zero-order chi connectivity index (χ0) is 26.0. The van der Waals surface area contributed by atoms with E-state index in [0.717, 1.165) is 0 Å². The van der Waals surface area contributed by atoms with E-state index in [2.05, 4.69) is 4.98 Å². The van der Waals surface area contributed by atoms with E-state index in [-0.39, 0.29) is 11.8 Å². The lowest BCUT2D eigenvalue weighted by molar-refractivity contribution is -0.176. The van der Waals surface area contributed by atoms with Crippen LogP contribution < -0.4 is 22.9 Å². The van der Waals surface area contributed by atoms with E-state index < -0.39 is 77.9 Å². The fraction of sp³-hybridized carbons (Fsp3) is 0.700. The lowest BCUT2D eigenvalue weighted by Gasteiger charge is -2.32. The number of nitrogens with zero attached hydrogens (tertiary/aromatic N) is 2. The molecule has 2 heterocycles. The minimum absolute atomic E-state index is 0.273. The molecule has 0 aliphatic carbocycles. The molecular formula is C20H30ClF2N5O6. The zero-order valence-electron chi connectivity index (χ0n) is 19.2. The molecule has 1 aromatic rings. The molecule has 1 aromatic heterocycles. The summed E-state index contributed by atoms with van der Waals surface area (Å²) in [5.74, 6) is -4.77. The van der Waals surface area contributed by atoms with Crippen LogP contribution in [0.2, 0.25) is 0 Å². The molecule has 6 N–H and O–H groups in total. The van der Waals surface area contributed by atoms with Crippen molar-refractivity contribution in [2.24, 2.45) is 23.3 Å². The maximum Gasteiger partial charge on any atom is 0.351 e. The third-order valence-electron chi connectivity index (χ3n) is 5.55. The Balaban J connectivity index is 2.46. The van der Waals surface area contributed by atoms with Gasteiger partial charge in [-0.25, -0.2) is 13.6 Å². The number of hydrogen-bond acceptors (Lipinski definition) is 10. The molecule has 0 amide bonds. The molecule has 1 saturated heterocycles. The van der Waals surface area contributed by atoms with Crippen LogP contribution in [0.5, 0.6) is 0 Å². The molecule has 0 unspecified atom stereocenters. The average molecular weight is 510 g/mol. The summed E-state index contributed by atoms with van der Waals surface area (Å²) < 4.78 is 46.4. The summed E-state index contributed by atoms with van der Waals surface area (Å²) in [6.45, 7) is 6.01. The highest BCUT2D eigenvalue weighted by Gasteiger charge is 2.60. The van der Waals surface area contributed by atoms with Gasteiger partial charge in [0.1, 0.15) is 18.7 Å². The number of aromatic nitrogens is 2. The number of esters is 2. The Hall–Kier alpha value is -2.35. The van der Waals surface area contributed by atoms with Crippen LogP contribution in [-0.2, 0) is 23.8 Å². The highest BCUT2D eigenvalue weighted by molar-refractivity contribution is 6.18. The number of rotatable bonds is 9. The predicted octanol–water partition coefficient (Wildman–Crippen LogP) is 0.231. The molecule has 1 aliphatic heterocycles. The Morgan fingerprint density at radius 1 is 1.24 bits per heavy atom. The highest BCUT2D eigenvalue weighted by Crippen LogP contribution is 2.42. The molecule has 0 saturated carbocycles. The summed E-state index contributed by atoms with van der Waals surface area (Å²) in [7, 11) is 0. The first-order valence-corrected chi connectivity index (χ1v) is 11.1.